The van der Waals surface area contributed by atoms with E-state index in [1.165, 1.54) is 0 Å². The smallest absolute Gasteiger partial charge is 0.0979 e. The van der Waals surface area contributed by atoms with Crippen molar-refractivity contribution in [3.63, 3.8) is 0 Å². The maximum absolute atomic E-state index is 8.29. The Balaban J connectivity index is 2.53. The summed E-state index contributed by atoms with van der Waals surface area (Å²) in [5.41, 5.74) is 0.760. The van der Waals surface area contributed by atoms with E-state index in [2.05, 4.69) is 0 Å². The van der Waals surface area contributed by atoms with Gasteiger partial charge >= 0.3 is 0 Å². The molecule has 1 aliphatic rings. The van der Waals surface area contributed by atoms with E-state index in [0.29, 0.717) is 0 Å². The topological polar surface area (TPSA) is 33.0 Å². The van der Waals surface area contributed by atoms with Gasteiger partial charge in [-0.1, -0.05) is 0 Å². The lowest BCUT2D eigenvalue weighted by atomic mass is 10.2. The Morgan fingerprint density at radius 3 is 3.00 bits per heavy atom. The zero-order valence-corrected chi connectivity index (χ0v) is 4.55. The van der Waals surface area contributed by atoms with Gasteiger partial charge in [0.2, 0.25) is 0 Å². The minimum absolute atomic E-state index is 0.760. The van der Waals surface area contributed by atoms with Crippen LogP contribution in [0.2, 0.25) is 0 Å². The van der Waals surface area contributed by atoms with E-state index in [0.717, 1.165) is 25.0 Å². The van der Waals surface area contributed by atoms with Crippen LogP contribution in [0.15, 0.2) is 11.8 Å². The van der Waals surface area contributed by atoms with Crippen molar-refractivity contribution in [2.45, 2.75) is 12.8 Å². The highest BCUT2D eigenvalue weighted by molar-refractivity contribution is 5.18. The van der Waals surface area contributed by atoms with Gasteiger partial charge in [-0.15, -0.1) is 0 Å². The number of allylic oxidation sites excluding steroid dienone is 1. The van der Waals surface area contributed by atoms with E-state index in [4.69, 9.17) is 10.00 Å². The number of rotatable bonds is 0. The molecule has 0 aromatic heterocycles. The lowest BCUT2D eigenvalue weighted by molar-refractivity contribution is 0.227. The van der Waals surface area contributed by atoms with E-state index in [-0.39, 0.29) is 0 Å². The predicted octanol–water partition coefficient (Wildman–Crippen LogP) is 1.20. The largest absolute Gasteiger partial charge is 0.500 e. The van der Waals surface area contributed by atoms with Crippen LogP contribution in [-0.2, 0) is 4.74 Å². The van der Waals surface area contributed by atoms with Crippen LogP contribution >= 0.6 is 0 Å². The average molecular weight is 109 g/mol. The van der Waals surface area contributed by atoms with Crippen molar-refractivity contribution in [2.24, 2.45) is 0 Å². The molecular formula is C6H7NO. The molecule has 1 rings (SSSR count). The van der Waals surface area contributed by atoms with Crippen molar-refractivity contribution >= 4 is 0 Å². The van der Waals surface area contributed by atoms with Crippen LogP contribution in [0.5, 0.6) is 0 Å². The standard InChI is InChI=1S/C6H7NO/c7-4-6-2-1-3-8-5-6/h5H,1-3H2. The molecule has 2 heteroatoms. The van der Waals surface area contributed by atoms with Crippen LogP contribution < -0.4 is 0 Å². The summed E-state index contributed by atoms with van der Waals surface area (Å²) in [6.45, 7) is 0.769. The third-order valence-electron chi connectivity index (χ3n) is 1.08. The Kier molecular flexibility index (Phi) is 1.53. The first-order valence-corrected chi connectivity index (χ1v) is 2.64. The first kappa shape index (κ1) is 5.17. The molecule has 42 valence electrons. The molecule has 2 nitrogen and oxygen atoms in total. The van der Waals surface area contributed by atoms with Crippen molar-refractivity contribution in [3.8, 4) is 6.07 Å². The second-order valence-electron chi connectivity index (χ2n) is 1.73. The minimum atomic E-state index is 0.760. The van der Waals surface area contributed by atoms with E-state index in [1.54, 1.807) is 6.26 Å². The van der Waals surface area contributed by atoms with E-state index in [1.807, 2.05) is 6.07 Å². The van der Waals surface area contributed by atoms with Gasteiger partial charge in [-0.3, -0.25) is 0 Å². The third kappa shape index (κ3) is 1.00. The normalized spacial score (nSPS) is 18.1. The van der Waals surface area contributed by atoms with Crippen molar-refractivity contribution in [3.05, 3.63) is 11.8 Å². The Morgan fingerprint density at radius 1 is 1.75 bits per heavy atom. The Morgan fingerprint density at radius 2 is 2.62 bits per heavy atom. The molecule has 8 heavy (non-hydrogen) atoms. The maximum atomic E-state index is 8.29. The van der Waals surface area contributed by atoms with Gasteiger partial charge in [0.15, 0.2) is 0 Å². The Labute approximate surface area is 48.4 Å². The summed E-state index contributed by atoms with van der Waals surface area (Å²) in [6, 6.07) is 2.04. The van der Waals surface area contributed by atoms with Crippen LogP contribution in [0.25, 0.3) is 0 Å². The third-order valence-corrected chi connectivity index (χ3v) is 1.08. The van der Waals surface area contributed by atoms with Crippen molar-refractivity contribution in [1.29, 1.82) is 5.26 Å². The molecule has 0 saturated carbocycles. The monoisotopic (exact) mass is 109 g/mol. The summed E-state index contributed by atoms with van der Waals surface area (Å²) in [5, 5.41) is 8.29. The van der Waals surface area contributed by atoms with Crippen molar-refractivity contribution in [1.82, 2.24) is 0 Å². The second kappa shape index (κ2) is 2.37. The number of hydrogen-bond donors (Lipinski definition) is 0. The highest BCUT2D eigenvalue weighted by Crippen LogP contribution is 2.08. The zero-order valence-electron chi connectivity index (χ0n) is 4.55. The van der Waals surface area contributed by atoms with Crippen molar-refractivity contribution in [2.75, 3.05) is 6.61 Å². The van der Waals surface area contributed by atoms with Gasteiger partial charge in [0, 0.05) is 0 Å². The lowest BCUT2D eigenvalue weighted by Gasteiger charge is -2.06. The molecule has 1 heterocycles. The highest BCUT2D eigenvalue weighted by Gasteiger charge is 2.00. The average Bonchev–Trinajstić information content (AvgIpc) is 1.90. The number of ether oxygens (including phenoxy) is 1. The van der Waals surface area contributed by atoms with Crippen LogP contribution in [0, 0.1) is 11.3 Å². The summed E-state index contributed by atoms with van der Waals surface area (Å²) in [7, 11) is 0. The lowest BCUT2D eigenvalue weighted by Crippen LogP contribution is -1.96. The number of hydrogen-bond acceptors (Lipinski definition) is 2. The molecule has 0 fully saturated rings. The molecule has 0 aromatic carbocycles. The number of nitrogens with zero attached hydrogens (tertiary/aromatic N) is 1. The van der Waals surface area contributed by atoms with Crippen LogP contribution in [-0.4, -0.2) is 6.61 Å². The first-order valence-electron chi connectivity index (χ1n) is 2.64. The van der Waals surface area contributed by atoms with Gasteiger partial charge in [-0.25, -0.2) is 0 Å². The molecule has 0 unspecified atom stereocenters. The van der Waals surface area contributed by atoms with E-state index >= 15 is 0 Å². The molecule has 0 spiro atoms. The molecular weight excluding hydrogens is 102 g/mol. The molecule has 0 amide bonds. The maximum Gasteiger partial charge on any atom is 0.0979 e. The van der Waals surface area contributed by atoms with Gasteiger partial charge in [0.25, 0.3) is 0 Å². The summed E-state index contributed by atoms with van der Waals surface area (Å²) < 4.78 is 4.89. The molecule has 0 N–H and O–H groups in total. The molecule has 0 saturated heterocycles. The summed E-state index contributed by atoms with van der Waals surface area (Å²) in [4.78, 5) is 0. The Bertz CT molecular complexity index is 143. The molecule has 0 aliphatic carbocycles. The van der Waals surface area contributed by atoms with Crippen LogP contribution in [0.3, 0.4) is 0 Å². The fourth-order valence-corrected chi connectivity index (χ4v) is 0.647. The highest BCUT2D eigenvalue weighted by atomic mass is 16.5. The summed E-state index contributed by atoms with van der Waals surface area (Å²) in [6.07, 6.45) is 3.42. The van der Waals surface area contributed by atoms with Gasteiger partial charge in [-0.05, 0) is 12.8 Å². The summed E-state index contributed by atoms with van der Waals surface area (Å²) in [5.74, 6) is 0. The van der Waals surface area contributed by atoms with Crippen LogP contribution in [0.1, 0.15) is 12.8 Å². The second-order valence-corrected chi connectivity index (χ2v) is 1.73. The zero-order chi connectivity index (χ0) is 5.82. The quantitative estimate of drug-likeness (QED) is 0.468. The molecule has 0 bridgehead atoms. The van der Waals surface area contributed by atoms with E-state index < -0.39 is 0 Å². The molecule has 0 atom stereocenters. The fraction of sp³-hybridized carbons (Fsp3) is 0.500. The summed E-state index contributed by atoms with van der Waals surface area (Å²) >= 11 is 0. The van der Waals surface area contributed by atoms with Gasteiger partial charge in [0.05, 0.1) is 24.5 Å². The predicted molar refractivity (Wildman–Crippen MR) is 28.9 cm³/mol. The minimum Gasteiger partial charge on any atom is -0.500 e. The Hall–Kier alpha value is -0.970. The molecule has 0 aromatic rings. The molecule has 0 radical (unpaired) electrons. The van der Waals surface area contributed by atoms with Crippen molar-refractivity contribution < 1.29 is 4.74 Å². The van der Waals surface area contributed by atoms with Gasteiger partial charge < -0.3 is 4.74 Å². The fourth-order valence-electron chi connectivity index (χ4n) is 0.647. The molecule has 1 aliphatic heterocycles. The van der Waals surface area contributed by atoms with E-state index in [9.17, 15) is 0 Å². The number of nitriles is 1. The van der Waals surface area contributed by atoms with Gasteiger partial charge in [-0.2, -0.15) is 5.26 Å². The van der Waals surface area contributed by atoms with Gasteiger partial charge in [0.1, 0.15) is 0 Å². The van der Waals surface area contributed by atoms with Crippen LogP contribution in [0.4, 0.5) is 0 Å². The first-order chi connectivity index (χ1) is 3.93. The SMILES string of the molecule is N#CC1=COCCC1.